The standard InChI is InChI=1S/C26H44O6Si/c1-11-12-18(2)24-19(3)13-14-22(30-20(4)27)26(8,29)16-15-21(17-23(28)31-24)32-33(9,10)25(5,6)7/h11-14,19,21-22,24,29H,1,15-17H2,2-10H3/t19-,21+,22-,24+,26+/m0/s1. The molecular formula is C26H44O6Si. The molecule has 1 aliphatic heterocycles. The van der Waals surface area contributed by atoms with Gasteiger partial charge in [-0.1, -0.05) is 52.5 Å². The van der Waals surface area contributed by atoms with E-state index in [0.717, 1.165) is 5.57 Å². The van der Waals surface area contributed by atoms with Crippen molar-refractivity contribution in [2.75, 3.05) is 0 Å². The number of hydrogen-bond acceptors (Lipinski definition) is 6. The number of carbonyl (C=O) groups excluding carboxylic acids is 2. The molecule has 1 heterocycles. The van der Waals surface area contributed by atoms with Crippen molar-refractivity contribution in [2.24, 2.45) is 5.92 Å². The van der Waals surface area contributed by atoms with Crippen LogP contribution in [0.3, 0.4) is 0 Å². The predicted octanol–water partition coefficient (Wildman–Crippen LogP) is 5.48. The third-order valence-corrected chi connectivity index (χ3v) is 11.2. The second kappa shape index (κ2) is 11.6. The largest absolute Gasteiger partial charge is 0.457 e. The van der Waals surface area contributed by atoms with E-state index < -0.39 is 38.2 Å². The second-order valence-electron chi connectivity index (χ2n) is 10.9. The molecule has 0 spiro atoms. The van der Waals surface area contributed by atoms with Gasteiger partial charge in [0.15, 0.2) is 8.32 Å². The van der Waals surface area contributed by atoms with Crippen LogP contribution in [0, 0.1) is 5.92 Å². The zero-order valence-corrected chi connectivity index (χ0v) is 22.9. The molecular weight excluding hydrogens is 436 g/mol. The highest BCUT2D eigenvalue weighted by molar-refractivity contribution is 6.74. The predicted molar refractivity (Wildman–Crippen MR) is 134 cm³/mol. The van der Waals surface area contributed by atoms with Crippen LogP contribution < -0.4 is 0 Å². The minimum atomic E-state index is -2.18. The van der Waals surface area contributed by atoms with E-state index >= 15 is 0 Å². The van der Waals surface area contributed by atoms with Gasteiger partial charge in [-0.15, -0.1) is 0 Å². The van der Waals surface area contributed by atoms with E-state index in [4.69, 9.17) is 13.9 Å². The van der Waals surface area contributed by atoms with Crippen molar-refractivity contribution in [3.05, 3.63) is 36.5 Å². The molecule has 1 rings (SSSR count). The summed E-state index contributed by atoms with van der Waals surface area (Å²) < 4.78 is 17.9. The molecule has 0 radical (unpaired) electrons. The Morgan fingerprint density at radius 3 is 2.42 bits per heavy atom. The highest BCUT2D eigenvalue weighted by Gasteiger charge is 2.41. The smallest absolute Gasteiger partial charge is 0.308 e. The molecule has 0 amide bonds. The summed E-state index contributed by atoms with van der Waals surface area (Å²) in [6, 6.07) is 0. The molecule has 0 aromatic heterocycles. The van der Waals surface area contributed by atoms with Crippen molar-refractivity contribution in [1.82, 2.24) is 0 Å². The molecule has 0 saturated carbocycles. The highest BCUT2D eigenvalue weighted by atomic mass is 28.4. The van der Waals surface area contributed by atoms with E-state index in [0.29, 0.717) is 12.8 Å². The van der Waals surface area contributed by atoms with E-state index in [2.05, 4.69) is 40.4 Å². The Morgan fingerprint density at radius 1 is 1.30 bits per heavy atom. The zero-order valence-electron chi connectivity index (χ0n) is 21.9. The monoisotopic (exact) mass is 480 g/mol. The van der Waals surface area contributed by atoms with E-state index in [9.17, 15) is 14.7 Å². The molecule has 0 aromatic rings. The van der Waals surface area contributed by atoms with Crippen LogP contribution >= 0.6 is 0 Å². The molecule has 1 aliphatic rings. The average molecular weight is 481 g/mol. The van der Waals surface area contributed by atoms with Crippen LogP contribution in [-0.2, 0) is 23.5 Å². The number of cyclic esters (lactones) is 1. The number of ether oxygens (including phenoxy) is 2. The maximum atomic E-state index is 13.0. The van der Waals surface area contributed by atoms with Crippen LogP contribution in [-0.4, -0.2) is 49.3 Å². The zero-order chi connectivity index (χ0) is 25.6. The topological polar surface area (TPSA) is 82.1 Å². The summed E-state index contributed by atoms with van der Waals surface area (Å²) in [6.07, 6.45) is 6.07. The van der Waals surface area contributed by atoms with Crippen LogP contribution in [0.2, 0.25) is 18.1 Å². The van der Waals surface area contributed by atoms with E-state index in [-0.39, 0.29) is 23.3 Å². The minimum Gasteiger partial charge on any atom is -0.457 e. The molecule has 0 aromatic carbocycles. The summed E-state index contributed by atoms with van der Waals surface area (Å²) >= 11 is 0. The van der Waals surface area contributed by atoms with Crippen molar-refractivity contribution < 1.29 is 28.6 Å². The van der Waals surface area contributed by atoms with Crippen molar-refractivity contribution in [3.63, 3.8) is 0 Å². The molecule has 5 atom stereocenters. The Balaban J connectivity index is 3.41. The van der Waals surface area contributed by atoms with Crippen LogP contribution in [0.1, 0.15) is 67.7 Å². The van der Waals surface area contributed by atoms with Crippen molar-refractivity contribution in [2.45, 2.75) is 110 Å². The maximum absolute atomic E-state index is 13.0. The maximum Gasteiger partial charge on any atom is 0.308 e. The Labute approximate surface area is 201 Å². The number of hydrogen-bond donors (Lipinski definition) is 1. The lowest BCUT2D eigenvalue weighted by atomic mass is 9.89. The van der Waals surface area contributed by atoms with Crippen molar-refractivity contribution >= 4 is 20.3 Å². The molecule has 188 valence electrons. The van der Waals surface area contributed by atoms with Crippen LogP contribution in [0.5, 0.6) is 0 Å². The second-order valence-corrected chi connectivity index (χ2v) is 15.7. The Kier molecular flexibility index (Phi) is 10.3. The molecule has 6 nitrogen and oxygen atoms in total. The quantitative estimate of drug-likeness (QED) is 0.243. The summed E-state index contributed by atoms with van der Waals surface area (Å²) in [5.41, 5.74) is -0.466. The summed E-state index contributed by atoms with van der Waals surface area (Å²) in [5.74, 6) is -1.01. The van der Waals surface area contributed by atoms with E-state index in [1.54, 1.807) is 19.1 Å². The van der Waals surface area contributed by atoms with Crippen LogP contribution in [0.25, 0.3) is 0 Å². The fourth-order valence-corrected chi connectivity index (χ4v) is 4.98. The molecule has 1 N–H and O–H groups in total. The van der Waals surface area contributed by atoms with Gasteiger partial charge in [0.05, 0.1) is 12.5 Å². The van der Waals surface area contributed by atoms with Gasteiger partial charge < -0.3 is 19.0 Å². The number of esters is 2. The molecule has 33 heavy (non-hydrogen) atoms. The summed E-state index contributed by atoms with van der Waals surface area (Å²) in [6.45, 7) is 21.2. The fourth-order valence-electron chi connectivity index (χ4n) is 3.59. The third kappa shape index (κ3) is 8.87. The van der Waals surface area contributed by atoms with Gasteiger partial charge in [0.25, 0.3) is 0 Å². The number of allylic oxidation sites excluding steroid dienone is 2. The summed E-state index contributed by atoms with van der Waals surface area (Å²) in [7, 11) is -2.18. The Hall–Kier alpha value is -1.70. The summed E-state index contributed by atoms with van der Waals surface area (Å²) in [5, 5.41) is 11.2. The number of carbonyl (C=O) groups is 2. The molecule has 0 unspecified atom stereocenters. The summed E-state index contributed by atoms with van der Waals surface area (Å²) in [4.78, 5) is 24.7. The van der Waals surface area contributed by atoms with Crippen molar-refractivity contribution in [1.29, 1.82) is 0 Å². The molecule has 0 aliphatic carbocycles. The van der Waals surface area contributed by atoms with Crippen molar-refractivity contribution in [3.8, 4) is 0 Å². The third-order valence-electron chi connectivity index (χ3n) is 6.70. The van der Waals surface area contributed by atoms with E-state index in [1.807, 2.05) is 26.0 Å². The van der Waals surface area contributed by atoms with Gasteiger partial charge in [0.1, 0.15) is 17.8 Å². The lowest BCUT2D eigenvalue weighted by molar-refractivity contribution is -0.157. The number of aliphatic hydroxyl groups is 1. The highest BCUT2D eigenvalue weighted by Crippen LogP contribution is 2.39. The van der Waals surface area contributed by atoms with Crippen LogP contribution in [0.15, 0.2) is 36.5 Å². The fraction of sp³-hybridized carbons (Fsp3) is 0.692. The SMILES string of the molecule is C=CC=C(C)[C@H]1OC(=O)C[C@H](O[Si](C)(C)C(C)(C)C)CC[C@@](C)(O)[C@@H](OC(C)=O)C=C[C@@H]1C. The van der Waals surface area contributed by atoms with Gasteiger partial charge in [0, 0.05) is 12.8 Å². The first-order chi connectivity index (χ1) is 15.0. The van der Waals surface area contributed by atoms with Gasteiger partial charge >= 0.3 is 11.9 Å². The first kappa shape index (κ1) is 29.3. The number of rotatable bonds is 5. The lowest BCUT2D eigenvalue weighted by Gasteiger charge is -2.40. The van der Waals surface area contributed by atoms with Gasteiger partial charge in [-0.3, -0.25) is 9.59 Å². The van der Waals surface area contributed by atoms with Crippen LogP contribution in [0.4, 0.5) is 0 Å². The minimum absolute atomic E-state index is 0.0353. The molecule has 7 heteroatoms. The first-order valence-electron chi connectivity index (χ1n) is 11.7. The van der Waals surface area contributed by atoms with Gasteiger partial charge in [-0.2, -0.15) is 0 Å². The Bertz CT molecular complexity index is 759. The lowest BCUT2D eigenvalue weighted by Crippen LogP contribution is -2.46. The normalized spacial score (nSPS) is 30.6. The van der Waals surface area contributed by atoms with Gasteiger partial charge in [-0.25, -0.2) is 0 Å². The van der Waals surface area contributed by atoms with Gasteiger partial charge in [-0.05, 0) is 56.5 Å². The molecule has 0 saturated heterocycles. The first-order valence-corrected chi connectivity index (χ1v) is 14.7. The average Bonchev–Trinajstić information content (AvgIpc) is 2.65. The Morgan fingerprint density at radius 2 is 1.91 bits per heavy atom. The molecule has 0 bridgehead atoms. The van der Waals surface area contributed by atoms with Gasteiger partial charge in [0.2, 0.25) is 0 Å². The van der Waals surface area contributed by atoms with E-state index in [1.165, 1.54) is 6.92 Å². The molecule has 0 fully saturated rings.